The Morgan fingerprint density at radius 1 is 1.09 bits per heavy atom. The fourth-order valence-electron chi connectivity index (χ4n) is 5.50. The summed E-state index contributed by atoms with van der Waals surface area (Å²) < 4.78 is 1.96. The molecule has 122 valence electrons. The molecule has 0 amide bonds. The van der Waals surface area contributed by atoms with Gasteiger partial charge in [0.15, 0.2) is 0 Å². The van der Waals surface area contributed by atoms with Gasteiger partial charge in [-0.25, -0.2) is 4.98 Å². The van der Waals surface area contributed by atoms with E-state index in [0.717, 1.165) is 42.1 Å². The number of hydrogen-bond donors (Lipinski definition) is 0. The minimum absolute atomic E-state index is 0.690. The molecule has 0 aromatic carbocycles. The number of rotatable bonds is 3. The second-order valence-electron chi connectivity index (χ2n) is 7.91. The van der Waals surface area contributed by atoms with Crippen molar-refractivity contribution in [3.63, 3.8) is 0 Å². The van der Waals surface area contributed by atoms with E-state index in [9.17, 15) is 0 Å². The number of aryl methyl sites for hydroxylation is 1. The molecule has 2 aliphatic heterocycles. The molecular weight excluding hydrogens is 286 g/mol. The summed E-state index contributed by atoms with van der Waals surface area (Å²) in [5.41, 5.74) is 1.16. The van der Waals surface area contributed by atoms with E-state index < -0.39 is 0 Å². The van der Waals surface area contributed by atoms with E-state index in [1.807, 2.05) is 4.52 Å². The molecule has 6 rings (SSSR count). The van der Waals surface area contributed by atoms with Gasteiger partial charge in [-0.2, -0.15) is 14.6 Å². The Hall–Kier alpha value is -1.65. The molecule has 0 N–H and O–H groups in total. The molecule has 2 aliphatic carbocycles. The third-order valence-electron chi connectivity index (χ3n) is 6.19. The number of anilines is 1. The Bertz CT molecular complexity index is 709. The van der Waals surface area contributed by atoms with E-state index in [1.165, 1.54) is 44.5 Å². The van der Waals surface area contributed by atoms with Crippen LogP contribution in [0, 0.1) is 17.8 Å². The van der Waals surface area contributed by atoms with Crippen LogP contribution < -0.4 is 4.90 Å². The zero-order valence-corrected chi connectivity index (χ0v) is 13.9. The van der Waals surface area contributed by atoms with E-state index in [1.54, 1.807) is 6.33 Å². The molecule has 2 unspecified atom stereocenters. The van der Waals surface area contributed by atoms with Crippen molar-refractivity contribution >= 4 is 11.6 Å². The highest BCUT2D eigenvalue weighted by Crippen LogP contribution is 2.48. The number of hydrogen-bond acceptors (Lipinski definition) is 4. The van der Waals surface area contributed by atoms with Crippen molar-refractivity contribution in [2.45, 2.75) is 57.9 Å². The average Bonchev–Trinajstić information content (AvgIpc) is 2.91. The third kappa shape index (κ3) is 2.24. The third-order valence-corrected chi connectivity index (χ3v) is 6.19. The highest BCUT2D eigenvalue weighted by atomic mass is 15.4. The van der Waals surface area contributed by atoms with Crippen LogP contribution in [-0.2, 0) is 6.42 Å². The number of fused-ring (bicyclic) bond motifs is 2. The van der Waals surface area contributed by atoms with E-state index in [4.69, 9.17) is 0 Å². The Balaban J connectivity index is 1.60. The summed E-state index contributed by atoms with van der Waals surface area (Å²) >= 11 is 0. The molecule has 4 fully saturated rings. The molecule has 4 bridgehead atoms. The molecule has 2 saturated heterocycles. The minimum Gasteiger partial charge on any atom is -0.353 e. The highest BCUT2D eigenvalue weighted by molar-refractivity contribution is 5.49. The predicted molar refractivity (Wildman–Crippen MR) is 89.5 cm³/mol. The van der Waals surface area contributed by atoms with Gasteiger partial charge in [0, 0.05) is 24.3 Å². The first-order valence-corrected chi connectivity index (χ1v) is 9.26. The Kier molecular flexibility index (Phi) is 3.10. The molecule has 2 aromatic rings. The van der Waals surface area contributed by atoms with Gasteiger partial charge in [-0.15, -0.1) is 0 Å². The van der Waals surface area contributed by atoms with Gasteiger partial charge in [0.1, 0.15) is 12.1 Å². The molecule has 5 nitrogen and oxygen atoms in total. The molecular formula is C18H25N5. The normalized spacial score (nSPS) is 32.7. The van der Waals surface area contributed by atoms with Crippen LogP contribution in [0.1, 0.15) is 51.1 Å². The standard InChI is InChI=1S/C18H25N5/c1-2-3-15-9-17(23-18(21-15)19-11-20-23)22-10-14-5-12-4-13(6-14)8-16(22)7-12/h9,11-14,16H,2-8,10H2,1H3/t12-,13+,14?,16?. The molecule has 5 heteroatoms. The van der Waals surface area contributed by atoms with Crippen LogP contribution in [0.4, 0.5) is 5.82 Å². The van der Waals surface area contributed by atoms with Crippen molar-refractivity contribution in [1.82, 2.24) is 19.6 Å². The van der Waals surface area contributed by atoms with Gasteiger partial charge < -0.3 is 4.90 Å². The first-order valence-electron chi connectivity index (χ1n) is 9.26. The van der Waals surface area contributed by atoms with Crippen molar-refractivity contribution in [3.8, 4) is 0 Å². The molecule has 23 heavy (non-hydrogen) atoms. The van der Waals surface area contributed by atoms with Crippen LogP contribution in [0.5, 0.6) is 0 Å². The second-order valence-corrected chi connectivity index (χ2v) is 7.91. The van der Waals surface area contributed by atoms with E-state index >= 15 is 0 Å². The maximum absolute atomic E-state index is 4.68. The fraction of sp³-hybridized carbons (Fsp3) is 0.722. The predicted octanol–water partition coefficient (Wildman–Crippen LogP) is 3.09. The maximum Gasteiger partial charge on any atom is 0.254 e. The summed E-state index contributed by atoms with van der Waals surface area (Å²) in [5.74, 6) is 4.79. The maximum atomic E-state index is 4.68. The van der Waals surface area contributed by atoms with Gasteiger partial charge in [0.25, 0.3) is 5.78 Å². The molecule has 4 atom stereocenters. The van der Waals surface area contributed by atoms with Crippen LogP contribution >= 0.6 is 0 Å². The van der Waals surface area contributed by atoms with Gasteiger partial charge in [-0.3, -0.25) is 0 Å². The van der Waals surface area contributed by atoms with Crippen LogP contribution in [0.2, 0.25) is 0 Å². The molecule has 4 aliphatic rings. The van der Waals surface area contributed by atoms with E-state index in [0.29, 0.717) is 6.04 Å². The SMILES string of the molecule is CCCc1cc(N2CC3C[C@@H]4CC2C[C@H](C3)C4)n2ncnc2n1. The minimum atomic E-state index is 0.690. The van der Waals surface area contributed by atoms with Gasteiger partial charge in [-0.1, -0.05) is 13.3 Å². The monoisotopic (exact) mass is 311 g/mol. The Morgan fingerprint density at radius 3 is 2.65 bits per heavy atom. The first kappa shape index (κ1) is 13.8. The van der Waals surface area contributed by atoms with Crippen molar-refractivity contribution < 1.29 is 0 Å². The number of aromatic nitrogens is 4. The Labute approximate surface area is 137 Å². The zero-order valence-electron chi connectivity index (χ0n) is 13.9. The molecule has 0 spiro atoms. The summed E-state index contributed by atoms with van der Waals surface area (Å²) in [6.07, 6.45) is 10.9. The van der Waals surface area contributed by atoms with Gasteiger partial charge >= 0.3 is 0 Å². The summed E-state index contributed by atoms with van der Waals surface area (Å²) in [6.45, 7) is 3.41. The Morgan fingerprint density at radius 2 is 1.87 bits per heavy atom. The lowest BCUT2D eigenvalue weighted by Crippen LogP contribution is -2.39. The average molecular weight is 311 g/mol. The molecule has 0 radical (unpaired) electrons. The van der Waals surface area contributed by atoms with Crippen LogP contribution in [-0.4, -0.2) is 32.2 Å². The second kappa shape index (κ2) is 5.18. The highest BCUT2D eigenvalue weighted by Gasteiger charge is 2.43. The fourth-order valence-corrected chi connectivity index (χ4v) is 5.50. The smallest absolute Gasteiger partial charge is 0.254 e. The molecule has 2 aromatic heterocycles. The van der Waals surface area contributed by atoms with E-state index in [2.05, 4.69) is 33.0 Å². The quantitative estimate of drug-likeness (QED) is 0.874. The van der Waals surface area contributed by atoms with Crippen molar-refractivity contribution in [3.05, 3.63) is 18.1 Å². The van der Waals surface area contributed by atoms with Crippen molar-refractivity contribution in [2.24, 2.45) is 17.8 Å². The summed E-state index contributed by atoms with van der Waals surface area (Å²) in [4.78, 5) is 11.7. The summed E-state index contributed by atoms with van der Waals surface area (Å²) in [5, 5.41) is 4.47. The zero-order chi connectivity index (χ0) is 15.4. The largest absolute Gasteiger partial charge is 0.353 e. The lowest BCUT2D eigenvalue weighted by Gasteiger charge is -2.39. The van der Waals surface area contributed by atoms with Crippen molar-refractivity contribution in [1.29, 1.82) is 0 Å². The topological polar surface area (TPSA) is 46.3 Å². The van der Waals surface area contributed by atoms with Crippen LogP contribution in [0.25, 0.3) is 5.78 Å². The lowest BCUT2D eigenvalue weighted by molar-refractivity contribution is 0.157. The first-order chi connectivity index (χ1) is 11.3. The van der Waals surface area contributed by atoms with E-state index in [-0.39, 0.29) is 0 Å². The molecule has 4 heterocycles. The lowest BCUT2D eigenvalue weighted by atomic mass is 9.68. The van der Waals surface area contributed by atoms with Gasteiger partial charge in [0.05, 0.1) is 0 Å². The van der Waals surface area contributed by atoms with Crippen LogP contribution in [0.15, 0.2) is 12.4 Å². The van der Waals surface area contributed by atoms with Gasteiger partial charge in [-0.05, 0) is 56.3 Å². The molecule has 2 saturated carbocycles. The summed E-state index contributed by atoms with van der Waals surface area (Å²) in [7, 11) is 0. The van der Waals surface area contributed by atoms with Crippen LogP contribution in [0.3, 0.4) is 0 Å². The summed E-state index contributed by atoms with van der Waals surface area (Å²) in [6, 6.07) is 2.97. The van der Waals surface area contributed by atoms with Crippen molar-refractivity contribution in [2.75, 3.05) is 11.4 Å². The number of nitrogens with zero attached hydrogens (tertiary/aromatic N) is 5. The van der Waals surface area contributed by atoms with Gasteiger partial charge in [0.2, 0.25) is 0 Å².